The number of aromatic nitrogens is 1. The molecule has 3 nitrogen and oxygen atoms in total. The maximum Gasteiger partial charge on any atom is 0.143 e. The van der Waals surface area contributed by atoms with Gasteiger partial charge in [0.15, 0.2) is 0 Å². The predicted octanol–water partition coefficient (Wildman–Crippen LogP) is 2.11. The highest BCUT2D eigenvalue weighted by molar-refractivity contribution is 9.10. The van der Waals surface area contributed by atoms with Crippen LogP contribution in [0.1, 0.15) is 18.4 Å². The fraction of sp³-hybridized carbons (Fsp3) is 0.583. The molecule has 1 saturated carbocycles. The summed E-state index contributed by atoms with van der Waals surface area (Å²) in [6.45, 7) is 3.48. The number of nitrogens with zero attached hydrogens (tertiary/aromatic N) is 2. The van der Waals surface area contributed by atoms with Gasteiger partial charge in [-0.05, 0) is 53.2 Å². The summed E-state index contributed by atoms with van der Waals surface area (Å²) < 4.78 is 1.02. The van der Waals surface area contributed by atoms with E-state index >= 15 is 0 Å². The zero-order chi connectivity index (χ0) is 11.3. The molecule has 0 aromatic carbocycles. The molecule has 1 aromatic heterocycles. The van der Waals surface area contributed by atoms with Crippen LogP contribution in [0.3, 0.4) is 0 Å². The van der Waals surface area contributed by atoms with Gasteiger partial charge in [-0.25, -0.2) is 4.98 Å². The van der Waals surface area contributed by atoms with Crippen molar-refractivity contribution in [3.63, 3.8) is 0 Å². The molecule has 16 heavy (non-hydrogen) atoms. The smallest absolute Gasteiger partial charge is 0.143 e. The van der Waals surface area contributed by atoms with Crippen molar-refractivity contribution in [1.82, 2.24) is 4.98 Å². The first-order chi connectivity index (χ1) is 7.58. The molecule has 2 fully saturated rings. The first kappa shape index (κ1) is 10.5. The summed E-state index contributed by atoms with van der Waals surface area (Å²) in [5.41, 5.74) is 0.708. The molecule has 1 aromatic rings. The van der Waals surface area contributed by atoms with Gasteiger partial charge in [0.1, 0.15) is 11.4 Å². The second-order valence-corrected chi connectivity index (χ2v) is 5.91. The number of pyridine rings is 1. The third kappa shape index (κ3) is 1.64. The average Bonchev–Trinajstić information content (AvgIpc) is 2.97. The summed E-state index contributed by atoms with van der Waals surface area (Å²) in [5.74, 6) is 1.49. The first-order valence-electron chi connectivity index (χ1n) is 5.68. The Morgan fingerprint density at radius 3 is 2.75 bits per heavy atom. The van der Waals surface area contributed by atoms with Gasteiger partial charge < -0.3 is 10.0 Å². The van der Waals surface area contributed by atoms with E-state index in [1.54, 1.807) is 0 Å². The molecule has 1 saturated heterocycles. The lowest BCUT2D eigenvalue weighted by Crippen LogP contribution is -2.63. The molecule has 0 atom stereocenters. The molecule has 86 valence electrons. The van der Waals surface area contributed by atoms with Crippen molar-refractivity contribution in [1.29, 1.82) is 0 Å². The summed E-state index contributed by atoms with van der Waals surface area (Å²) in [7, 11) is 0. The Morgan fingerprint density at radius 2 is 2.19 bits per heavy atom. The van der Waals surface area contributed by atoms with Gasteiger partial charge in [-0.15, -0.1) is 0 Å². The van der Waals surface area contributed by atoms with Gasteiger partial charge in [0.25, 0.3) is 0 Å². The molecule has 2 aliphatic rings. The van der Waals surface area contributed by atoms with E-state index in [0.717, 1.165) is 28.9 Å². The quantitative estimate of drug-likeness (QED) is 0.903. The highest BCUT2D eigenvalue weighted by Crippen LogP contribution is 2.46. The van der Waals surface area contributed by atoms with Crippen molar-refractivity contribution in [2.24, 2.45) is 5.92 Å². The maximum absolute atomic E-state index is 10.2. The SMILES string of the molecule is Cc1cnc(N2CC(O)(C3CC3)C2)c(Br)c1. The van der Waals surface area contributed by atoms with Crippen LogP contribution in [0, 0.1) is 12.8 Å². The Bertz CT molecular complexity index is 425. The Morgan fingerprint density at radius 1 is 1.50 bits per heavy atom. The number of aliphatic hydroxyl groups is 1. The van der Waals surface area contributed by atoms with Crippen molar-refractivity contribution in [3.05, 3.63) is 22.3 Å². The minimum Gasteiger partial charge on any atom is -0.386 e. The van der Waals surface area contributed by atoms with Gasteiger partial charge in [-0.3, -0.25) is 0 Å². The maximum atomic E-state index is 10.2. The topological polar surface area (TPSA) is 36.4 Å². The number of halogens is 1. The summed E-state index contributed by atoms with van der Waals surface area (Å²) in [6.07, 6.45) is 4.24. The van der Waals surface area contributed by atoms with E-state index in [9.17, 15) is 5.11 Å². The molecule has 1 aliphatic carbocycles. The van der Waals surface area contributed by atoms with Crippen LogP contribution in [0.5, 0.6) is 0 Å². The summed E-state index contributed by atoms with van der Waals surface area (Å²) in [5, 5.41) is 10.2. The standard InChI is InChI=1S/C12H15BrN2O/c1-8-4-10(13)11(14-5-8)15-6-12(16,7-15)9-2-3-9/h4-5,9,16H,2-3,6-7H2,1H3. The van der Waals surface area contributed by atoms with Crippen LogP contribution in [0.25, 0.3) is 0 Å². The molecule has 0 unspecified atom stereocenters. The number of rotatable bonds is 2. The zero-order valence-electron chi connectivity index (χ0n) is 9.28. The van der Waals surface area contributed by atoms with Crippen LogP contribution < -0.4 is 4.90 Å². The van der Waals surface area contributed by atoms with Gasteiger partial charge in [-0.1, -0.05) is 0 Å². The Balaban J connectivity index is 1.75. The second-order valence-electron chi connectivity index (χ2n) is 5.05. The molecular weight excluding hydrogens is 268 g/mol. The van der Waals surface area contributed by atoms with Gasteiger partial charge >= 0.3 is 0 Å². The molecule has 0 radical (unpaired) electrons. The predicted molar refractivity (Wildman–Crippen MR) is 66.6 cm³/mol. The van der Waals surface area contributed by atoms with E-state index in [4.69, 9.17) is 0 Å². The molecule has 1 N–H and O–H groups in total. The number of hydrogen-bond donors (Lipinski definition) is 1. The van der Waals surface area contributed by atoms with E-state index in [1.165, 1.54) is 12.8 Å². The van der Waals surface area contributed by atoms with Crippen LogP contribution in [-0.2, 0) is 0 Å². The minimum atomic E-state index is -0.438. The number of hydrogen-bond acceptors (Lipinski definition) is 3. The third-order valence-electron chi connectivity index (χ3n) is 3.52. The summed E-state index contributed by atoms with van der Waals surface area (Å²) in [4.78, 5) is 6.55. The summed E-state index contributed by atoms with van der Waals surface area (Å²) >= 11 is 3.53. The molecular formula is C12H15BrN2O. The van der Waals surface area contributed by atoms with E-state index < -0.39 is 5.60 Å². The lowest BCUT2D eigenvalue weighted by molar-refractivity contribution is -0.00981. The van der Waals surface area contributed by atoms with Crippen LogP contribution in [0.15, 0.2) is 16.7 Å². The molecule has 0 amide bonds. The third-order valence-corrected chi connectivity index (χ3v) is 4.11. The first-order valence-corrected chi connectivity index (χ1v) is 6.47. The van der Waals surface area contributed by atoms with Gasteiger partial charge in [-0.2, -0.15) is 0 Å². The fourth-order valence-electron chi connectivity index (χ4n) is 2.40. The largest absolute Gasteiger partial charge is 0.386 e. The van der Waals surface area contributed by atoms with Gasteiger partial charge in [0.2, 0.25) is 0 Å². The van der Waals surface area contributed by atoms with E-state index in [2.05, 4.69) is 31.9 Å². The molecule has 1 aliphatic heterocycles. The highest BCUT2D eigenvalue weighted by Gasteiger charge is 2.52. The summed E-state index contributed by atoms with van der Waals surface area (Å²) in [6, 6.07) is 2.07. The lowest BCUT2D eigenvalue weighted by Gasteiger charge is -2.48. The Labute approximate surface area is 104 Å². The number of aryl methyl sites for hydroxylation is 1. The number of β-amino-alcohol motifs (C(OH)–C–C–N with tert-alkyl or cyclic N) is 1. The molecule has 4 heteroatoms. The molecule has 0 spiro atoms. The molecule has 2 heterocycles. The molecule has 3 rings (SSSR count). The minimum absolute atomic E-state index is 0.438. The fourth-order valence-corrected chi connectivity index (χ4v) is 3.12. The normalized spacial score (nSPS) is 23.1. The van der Waals surface area contributed by atoms with Crippen LogP contribution in [-0.4, -0.2) is 28.8 Å². The lowest BCUT2D eigenvalue weighted by atomic mass is 9.89. The van der Waals surface area contributed by atoms with Crippen molar-refractivity contribution in [2.45, 2.75) is 25.4 Å². The van der Waals surface area contributed by atoms with Crippen molar-refractivity contribution in [3.8, 4) is 0 Å². The average molecular weight is 283 g/mol. The zero-order valence-corrected chi connectivity index (χ0v) is 10.9. The van der Waals surface area contributed by atoms with Gasteiger partial charge in [0.05, 0.1) is 17.6 Å². The molecule has 0 bridgehead atoms. The monoisotopic (exact) mass is 282 g/mol. The van der Waals surface area contributed by atoms with E-state index in [0.29, 0.717) is 5.92 Å². The van der Waals surface area contributed by atoms with Crippen LogP contribution in [0.4, 0.5) is 5.82 Å². The van der Waals surface area contributed by atoms with Crippen molar-refractivity contribution in [2.75, 3.05) is 18.0 Å². The van der Waals surface area contributed by atoms with Crippen molar-refractivity contribution < 1.29 is 5.11 Å². The number of anilines is 1. The Kier molecular flexibility index (Phi) is 2.27. The van der Waals surface area contributed by atoms with Gasteiger partial charge in [0, 0.05) is 6.20 Å². The van der Waals surface area contributed by atoms with Crippen molar-refractivity contribution >= 4 is 21.7 Å². The Hall–Kier alpha value is -0.610. The van der Waals surface area contributed by atoms with Crippen LogP contribution >= 0.6 is 15.9 Å². The van der Waals surface area contributed by atoms with E-state index in [-0.39, 0.29) is 0 Å². The highest BCUT2D eigenvalue weighted by atomic mass is 79.9. The second kappa shape index (κ2) is 3.44. The van der Waals surface area contributed by atoms with E-state index in [1.807, 2.05) is 13.1 Å². The van der Waals surface area contributed by atoms with Crippen LogP contribution in [0.2, 0.25) is 0 Å².